The van der Waals surface area contributed by atoms with Gasteiger partial charge in [-0.15, -0.1) is 11.3 Å². The van der Waals surface area contributed by atoms with Gasteiger partial charge in [0.2, 0.25) is 5.91 Å². The Labute approximate surface area is 165 Å². The molecule has 6 nitrogen and oxygen atoms in total. The average Bonchev–Trinajstić information content (AvgIpc) is 3.15. The second-order valence-corrected chi connectivity index (χ2v) is 7.20. The highest BCUT2D eigenvalue weighted by molar-refractivity contribution is 7.16. The van der Waals surface area contributed by atoms with E-state index in [1.165, 1.54) is 22.2 Å². The summed E-state index contributed by atoms with van der Waals surface area (Å²) in [4.78, 5) is 29.5. The number of thiophene rings is 1. The first-order valence-corrected chi connectivity index (χ1v) is 9.53. The van der Waals surface area contributed by atoms with Crippen LogP contribution in [0.5, 0.6) is 11.5 Å². The molecule has 0 bridgehead atoms. The van der Waals surface area contributed by atoms with E-state index in [1.807, 2.05) is 36.6 Å². The summed E-state index contributed by atoms with van der Waals surface area (Å²) in [5, 5.41) is 5.12. The van der Waals surface area contributed by atoms with Gasteiger partial charge in [0.05, 0.1) is 11.7 Å². The predicted molar refractivity (Wildman–Crippen MR) is 110 cm³/mol. The number of aromatic nitrogens is 2. The number of aryl methyl sites for hydroxylation is 1. The molecule has 1 amide bonds. The molecule has 2 aromatic heterocycles. The Balaban J connectivity index is 1.41. The van der Waals surface area contributed by atoms with E-state index in [1.54, 1.807) is 30.3 Å². The summed E-state index contributed by atoms with van der Waals surface area (Å²) in [6, 6.07) is 16.6. The van der Waals surface area contributed by atoms with E-state index in [-0.39, 0.29) is 18.0 Å². The van der Waals surface area contributed by atoms with E-state index >= 15 is 0 Å². The van der Waals surface area contributed by atoms with Crippen molar-refractivity contribution in [3.8, 4) is 11.5 Å². The number of rotatable bonds is 5. The average molecular weight is 391 g/mol. The Morgan fingerprint density at radius 3 is 2.75 bits per heavy atom. The van der Waals surface area contributed by atoms with Crippen molar-refractivity contribution in [3.05, 3.63) is 82.2 Å². The van der Waals surface area contributed by atoms with Gasteiger partial charge in [-0.1, -0.05) is 12.1 Å². The maximum atomic E-state index is 12.4. The van der Waals surface area contributed by atoms with Gasteiger partial charge in [0.25, 0.3) is 5.56 Å². The zero-order valence-electron chi connectivity index (χ0n) is 15.1. The van der Waals surface area contributed by atoms with Crippen LogP contribution in [0.1, 0.15) is 5.56 Å². The van der Waals surface area contributed by atoms with Crippen molar-refractivity contribution in [2.24, 2.45) is 0 Å². The molecule has 0 aliphatic heterocycles. The first-order chi connectivity index (χ1) is 13.6. The Morgan fingerprint density at radius 1 is 1.14 bits per heavy atom. The number of carbonyl (C=O) groups is 1. The number of amides is 1. The van der Waals surface area contributed by atoms with Gasteiger partial charge in [-0.05, 0) is 60.3 Å². The molecule has 4 aromatic rings. The molecule has 0 atom stereocenters. The van der Waals surface area contributed by atoms with Crippen molar-refractivity contribution in [1.29, 1.82) is 0 Å². The SMILES string of the molecule is Cc1cccc(Oc2ccc(NC(=O)Cn3cnc4sccc4c3=O)cc2)c1. The van der Waals surface area contributed by atoms with Crippen LogP contribution in [0, 0.1) is 6.92 Å². The van der Waals surface area contributed by atoms with Crippen molar-refractivity contribution in [3.63, 3.8) is 0 Å². The Kier molecular flexibility index (Phi) is 4.90. The summed E-state index contributed by atoms with van der Waals surface area (Å²) in [6.45, 7) is 1.90. The highest BCUT2D eigenvalue weighted by Gasteiger charge is 2.09. The van der Waals surface area contributed by atoms with E-state index in [0.717, 1.165) is 11.3 Å². The molecule has 1 N–H and O–H groups in total. The van der Waals surface area contributed by atoms with Crippen molar-refractivity contribution in [2.45, 2.75) is 13.5 Å². The molecule has 0 radical (unpaired) electrons. The topological polar surface area (TPSA) is 73.2 Å². The lowest BCUT2D eigenvalue weighted by atomic mass is 10.2. The molecular weight excluding hydrogens is 374 g/mol. The Hall–Kier alpha value is -3.45. The highest BCUT2D eigenvalue weighted by atomic mass is 32.1. The fourth-order valence-corrected chi connectivity index (χ4v) is 3.51. The molecule has 0 fully saturated rings. The molecular formula is C21H17N3O3S. The van der Waals surface area contributed by atoms with Crippen LogP contribution in [0.3, 0.4) is 0 Å². The zero-order chi connectivity index (χ0) is 19.5. The van der Waals surface area contributed by atoms with E-state index in [0.29, 0.717) is 21.7 Å². The van der Waals surface area contributed by atoms with Gasteiger partial charge in [0.1, 0.15) is 22.9 Å². The molecule has 0 saturated heterocycles. The highest BCUT2D eigenvalue weighted by Crippen LogP contribution is 2.23. The van der Waals surface area contributed by atoms with Crippen LogP contribution >= 0.6 is 11.3 Å². The van der Waals surface area contributed by atoms with Crippen LogP contribution in [-0.2, 0) is 11.3 Å². The minimum atomic E-state index is -0.300. The maximum Gasteiger partial charge on any atom is 0.262 e. The van der Waals surface area contributed by atoms with Crippen LogP contribution in [-0.4, -0.2) is 15.5 Å². The Morgan fingerprint density at radius 2 is 1.96 bits per heavy atom. The van der Waals surface area contributed by atoms with E-state index in [4.69, 9.17) is 4.74 Å². The number of hydrogen-bond donors (Lipinski definition) is 1. The standard InChI is InChI=1S/C21H17N3O3S/c1-14-3-2-4-17(11-14)27-16-7-5-15(6-8-16)23-19(25)12-24-13-22-20-18(21(24)26)9-10-28-20/h2-11,13H,12H2,1H3,(H,23,25). The number of benzene rings is 2. The molecule has 2 aromatic carbocycles. The largest absolute Gasteiger partial charge is 0.457 e. The molecule has 28 heavy (non-hydrogen) atoms. The first kappa shape index (κ1) is 17.9. The predicted octanol–water partition coefficient (Wildman–Crippen LogP) is 4.20. The second-order valence-electron chi connectivity index (χ2n) is 6.31. The van der Waals surface area contributed by atoms with Gasteiger partial charge in [-0.3, -0.25) is 14.2 Å². The number of fused-ring (bicyclic) bond motifs is 1. The Bertz CT molecular complexity index is 1200. The van der Waals surface area contributed by atoms with Gasteiger partial charge in [-0.2, -0.15) is 0 Å². The summed E-state index contributed by atoms with van der Waals surface area (Å²) in [7, 11) is 0. The molecule has 7 heteroatoms. The van der Waals surface area contributed by atoms with Crippen molar-refractivity contribution in [2.75, 3.05) is 5.32 Å². The summed E-state index contributed by atoms with van der Waals surface area (Å²) >= 11 is 1.40. The lowest BCUT2D eigenvalue weighted by molar-refractivity contribution is -0.116. The van der Waals surface area contributed by atoms with Crippen molar-refractivity contribution < 1.29 is 9.53 Å². The molecule has 0 unspecified atom stereocenters. The number of nitrogens with zero attached hydrogens (tertiary/aromatic N) is 2. The molecule has 0 saturated carbocycles. The van der Waals surface area contributed by atoms with Gasteiger partial charge < -0.3 is 10.1 Å². The quantitative estimate of drug-likeness (QED) is 0.553. The van der Waals surface area contributed by atoms with Gasteiger partial charge in [0, 0.05) is 5.69 Å². The van der Waals surface area contributed by atoms with Gasteiger partial charge in [0.15, 0.2) is 0 Å². The van der Waals surface area contributed by atoms with Gasteiger partial charge in [-0.25, -0.2) is 4.98 Å². The third-order valence-electron chi connectivity index (χ3n) is 4.13. The fraction of sp³-hybridized carbons (Fsp3) is 0.0952. The fourth-order valence-electron chi connectivity index (χ4n) is 2.78. The van der Waals surface area contributed by atoms with Crippen LogP contribution in [0.25, 0.3) is 10.2 Å². The summed E-state index contributed by atoms with van der Waals surface area (Å²) < 4.78 is 7.10. The minimum Gasteiger partial charge on any atom is -0.457 e. The van der Waals surface area contributed by atoms with Crippen LogP contribution < -0.4 is 15.6 Å². The van der Waals surface area contributed by atoms with E-state index < -0.39 is 0 Å². The monoisotopic (exact) mass is 391 g/mol. The molecule has 4 rings (SSSR count). The van der Waals surface area contributed by atoms with Crippen LogP contribution in [0.2, 0.25) is 0 Å². The maximum absolute atomic E-state index is 12.4. The van der Waals surface area contributed by atoms with Crippen molar-refractivity contribution in [1.82, 2.24) is 9.55 Å². The third-order valence-corrected chi connectivity index (χ3v) is 4.95. The second kappa shape index (κ2) is 7.66. The minimum absolute atomic E-state index is 0.0981. The normalized spacial score (nSPS) is 10.8. The lowest BCUT2D eigenvalue weighted by Gasteiger charge is -2.09. The van der Waals surface area contributed by atoms with Crippen LogP contribution in [0.15, 0.2) is 71.1 Å². The number of nitrogens with one attached hydrogen (secondary N) is 1. The van der Waals surface area contributed by atoms with Crippen molar-refractivity contribution >= 4 is 33.1 Å². The van der Waals surface area contributed by atoms with E-state index in [2.05, 4.69) is 10.3 Å². The number of ether oxygens (including phenoxy) is 1. The number of hydrogen-bond acceptors (Lipinski definition) is 5. The summed E-state index contributed by atoms with van der Waals surface area (Å²) in [6.07, 6.45) is 1.40. The smallest absolute Gasteiger partial charge is 0.262 e. The summed E-state index contributed by atoms with van der Waals surface area (Å²) in [5.74, 6) is 1.13. The van der Waals surface area contributed by atoms with E-state index in [9.17, 15) is 9.59 Å². The summed E-state index contributed by atoms with van der Waals surface area (Å²) in [5.41, 5.74) is 1.52. The molecule has 0 aliphatic carbocycles. The molecule has 2 heterocycles. The molecule has 0 aliphatic rings. The molecule has 140 valence electrons. The zero-order valence-corrected chi connectivity index (χ0v) is 15.9. The number of carbonyl (C=O) groups excluding carboxylic acids is 1. The van der Waals surface area contributed by atoms with Crippen LogP contribution in [0.4, 0.5) is 5.69 Å². The molecule has 0 spiro atoms. The lowest BCUT2D eigenvalue weighted by Crippen LogP contribution is -2.27. The third kappa shape index (κ3) is 3.94. The van der Waals surface area contributed by atoms with Gasteiger partial charge >= 0.3 is 0 Å². The number of anilines is 1. The first-order valence-electron chi connectivity index (χ1n) is 8.65.